The summed E-state index contributed by atoms with van der Waals surface area (Å²) in [7, 11) is 0. The molecule has 0 spiro atoms. The highest BCUT2D eigenvalue weighted by molar-refractivity contribution is 5.87. The van der Waals surface area contributed by atoms with Crippen LogP contribution in [-0.2, 0) is 33.6 Å². The summed E-state index contributed by atoms with van der Waals surface area (Å²) in [6.07, 6.45) is 15.9. The Balaban J connectivity index is 2.16. The maximum absolute atomic E-state index is 12.8. The summed E-state index contributed by atoms with van der Waals surface area (Å²) in [6, 6.07) is -2.54. The van der Waals surface area contributed by atoms with Gasteiger partial charge in [0.1, 0.15) is 17.9 Å². The van der Waals surface area contributed by atoms with Crippen molar-refractivity contribution in [2.45, 2.75) is 160 Å². The highest BCUT2D eigenvalue weighted by atomic mass is 16.4. The van der Waals surface area contributed by atoms with E-state index >= 15 is 0 Å². The number of amides is 3. The number of carbonyl (C=O) groups excluding carboxylic acids is 4. The van der Waals surface area contributed by atoms with Crippen molar-refractivity contribution < 1.29 is 48.9 Å². The topological polar surface area (TPSA) is 216 Å². The summed E-state index contributed by atoms with van der Waals surface area (Å²) >= 11 is 0. The van der Waals surface area contributed by atoms with Gasteiger partial charge < -0.3 is 36.1 Å². The fourth-order valence-corrected chi connectivity index (χ4v) is 6.00. The van der Waals surface area contributed by atoms with E-state index in [4.69, 9.17) is 5.11 Å². The Hall–Kier alpha value is -3.51. The maximum Gasteiger partial charge on any atom is 0.326 e. The number of rotatable bonds is 28. The Bertz CT molecular complexity index is 1030. The van der Waals surface area contributed by atoms with Crippen LogP contribution in [0, 0.1) is 11.8 Å². The van der Waals surface area contributed by atoms with Crippen LogP contribution < -0.4 is 16.0 Å². The summed E-state index contributed by atoms with van der Waals surface area (Å²) in [5, 5.41) is 35.3. The van der Waals surface area contributed by atoms with Gasteiger partial charge in [-0.05, 0) is 64.2 Å². The number of carboxylic acid groups (broad SMARTS) is 3. The van der Waals surface area contributed by atoms with Crippen LogP contribution in [0.15, 0.2) is 0 Å². The molecule has 3 amide bonds. The molecular weight excluding hydrogens is 622 g/mol. The van der Waals surface area contributed by atoms with Gasteiger partial charge in [-0.15, -0.1) is 0 Å². The average molecular weight is 682 g/mol. The minimum absolute atomic E-state index is 0.00967. The van der Waals surface area contributed by atoms with E-state index in [0.29, 0.717) is 25.8 Å². The van der Waals surface area contributed by atoms with Crippen LogP contribution in [0.3, 0.4) is 0 Å². The predicted molar refractivity (Wildman–Crippen MR) is 179 cm³/mol. The first kappa shape index (κ1) is 42.5. The second kappa shape index (κ2) is 25.5. The number of aliphatic carboxylic acids is 3. The van der Waals surface area contributed by atoms with Gasteiger partial charge in [-0.2, -0.15) is 0 Å². The first-order chi connectivity index (χ1) is 22.9. The van der Waals surface area contributed by atoms with Crippen LogP contribution in [0.1, 0.15) is 148 Å². The van der Waals surface area contributed by atoms with E-state index in [1.165, 1.54) is 45.4 Å². The number of carbonyl (C=O) groups is 7. The van der Waals surface area contributed by atoms with Crippen molar-refractivity contribution in [1.82, 2.24) is 16.0 Å². The maximum atomic E-state index is 12.8. The lowest BCUT2D eigenvalue weighted by Crippen LogP contribution is -2.46. The van der Waals surface area contributed by atoms with E-state index in [1.54, 1.807) is 0 Å². The lowest BCUT2D eigenvalue weighted by Gasteiger charge is -2.28. The third-order valence-electron chi connectivity index (χ3n) is 9.04. The average Bonchev–Trinajstić information content (AvgIpc) is 3.03. The summed E-state index contributed by atoms with van der Waals surface area (Å²) in [6.45, 7) is 1.88. The summed E-state index contributed by atoms with van der Waals surface area (Å²) < 4.78 is 0. The van der Waals surface area contributed by atoms with E-state index in [2.05, 4.69) is 16.0 Å². The van der Waals surface area contributed by atoms with Gasteiger partial charge in [0, 0.05) is 38.1 Å². The van der Waals surface area contributed by atoms with E-state index in [9.17, 15) is 43.8 Å². The van der Waals surface area contributed by atoms with Crippen molar-refractivity contribution >= 4 is 41.4 Å². The van der Waals surface area contributed by atoms with Crippen LogP contribution in [0.2, 0.25) is 0 Å². The molecule has 0 radical (unpaired) electrons. The SMILES string of the molecule is CC(=O)CC[C@H](NC(=O)CC[C@H](NC(=O)[C@H]1CC[C@H](CNC(=O)CCCCCCCCCCCCCCC(=O)O)CC1)C(=O)O)C(=O)O. The fourth-order valence-electron chi connectivity index (χ4n) is 6.00. The van der Waals surface area contributed by atoms with E-state index in [-0.39, 0.29) is 61.5 Å². The molecular formula is C35H59N3O10. The fraction of sp³-hybridized carbons (Fsp3) is 0.800. The number of Topliss-reactive ketones (excluding diaryl/α,β-unsaturated/α-hetero) is 1. The second-order valence-corrected chi connectivity index (χ2v) is 13.3. The van der Waals surface area contributed by atoms with Crippen molar-refractivity contribution in [2.75, 3.05) is 6.54 Å². The first-order valence-electron chi connectivity index (χ1n) is 17.9. The lowest BCUT2D eigenvalue weighted by molar-refractivity contribution is -0.144. The zero-order chi connectivity index (χ0) is 35.7. The minimum Gasteiger partial charge on any atom is -0.481 e. The summed E-state index contributed by atoms with van der Waals surface area (Å²) in [5.41, 5.74) is 0. The Morgan fingerprint density at radius 2 is 1.02 bits per heavy atom. The van der Waals surface area contributed by atoms with Crippen molar-refractivity contribution in [3.63, 3.8) is 0 Å². The number of ketones is 1. The number of unbranched alkanes of at least 4 members (excludes halogenated alkanes) is 11. The first-order valence-corrected chi connectivity index (χ1v) is 17.9. The minimum atomic E-state index is -1.29. The van der Waals surface area contributed by atoms with Gasteiger partial charge in [0.2, 0.25) is 17.7 Å². The van der Waals surface area contributed by atoms with Crippen LogP contribution in [0.25, 0.3) is 0 Å². The van der Waals surface area contributed by atoms with Gasteiger partial charge in [0.15, 0.2) is 0 Å². The Morgan fingerprint density at radius 3 is 1.50 bits per heavy atom. The number of nitrogens with one attached hydrogen (secondary N) is 3. The van der Waals surface area contributed by atoms with Crippen LogP contribution in [0.4, 0.5) is 0 Å². The van der Waals surface area contributed by atoms with Gasteiger partial charge in [0.25, 0.3) is 0 Å². The second-order valence-electron chi connectivity index (χ2n) is 13.3. The number of carboxylic acids is 3. The zero-order valence-corrected chi connectivity index (χ0v) is 28.8. The summed E-state index contributed by atoms with van der Waals surface area (Å²) in [5.74, 6) is -4.61. The zero-order valence-electron chi connectivity index (χ0n) is 28.8. The molecule has 13 nitrogen and oxygen atoms in total. The van der Waals surface area contributed by atoms with E-state index < -0.39 is 35.9 Å². The van der Waals surface area contributed by atoms with E-state index in [1.807, 2.05) is 0 Å². The molecule has 13 heteroatoms. The lowest BCUT2D eigenvalue weighted by atomic mass is 9.81. The number of hydrogen-bond acceptors (Lipinski definition) is 7. The molecule has 1 aliphatic carbocycles. The standard InChI is InChI=1S/C35H59N3O10/c1-25(39)16-21-28(34(45)46)37-31(41)23-22-29(35(47)48)38-33(44)27-19-17-26(18-20-27)24-36-30(40)14-12-10-8-6-4-2-3-5-7-9-11-13-15-32(42)43/h26-29H,2-24H2,1H3,(H,36,40)(H,37,41)(H,38,44)(H,42,43)(H,45,46)(H,47,48)/t26-,27-,28-,29-/m0/s1. The van der Waals surface area contributed by atoms with Crippen molar-refractivity contribution in [3.05, 3.63) is 0 Å². The van der Waals surface area contributed by atoms with Gasteiger partial charge in [-0.3, -0.25) is 19.2 Å². The molecule has 1 fully saturated rings. The molecule has 1 rings (SSSR count). The molecule has 2 atom stereocenters. The van der Waals surface area contributed by atoms with Gasteiger partial charge >= 0.3 is 17.9 Å². The Morgan fingerprint density at radius 1 is 0.562 bits per heavy atom. The molecule has 0 heterocycles. The van der Waals surface area contributed by atoms with Crippen LogP contribution >= 0.6 is 0 Å². The highest BCUT2D eigenvalue weighted by Gasteiger charge is 2.30. The smallest absolute Gasteiger partial charge is 0.326 e. The Kier molecular flexibility index (Phi) is 22.6. The molecule has 0 aromatic carbocycles. The van der Waals surface area contributed by atoms with Gasteiger partial charge in [0.05, 0.1) is 0 Å². The molecule has 1 saturated carbocycles. The number of hydrogen-bond donors (Lipinski definition) is 6. The molecule has 0 bridgehead atoms. The Labute approximate surface area is 284 Å². The normalized spacial score (nSPS) is 17.1. The molecule has 0 unspecified atom stereocenters. The predicted octanol–water partition coefficient (Wildman–Crippen LogP) is 4.74. The van der Waals surface area contributed by atoms with Crippen molar-refractivity contribution in [3.8, 4) is 0 Å². The summed E-state index contributed by atoms with van der Waals surface area (Å²) in [4.78, 5) is 82.1. The van der Waals surface area contributed by atoms with E-state index in [0.717, 1.165) is 51.4 Å². The van der Waals surface area contributed by atoms with Crippen molar-refractivity contribution in [1.29, 1.82) is 0 Å². The van der Waals surface area contributed by atoms with Gasteiger partial charge in [-0.1, -0.05) is 64.2 Å². The molecule has 1 aliphatic rings. The molecule has 0 aromatic heterocycles. The van der Waals surface area contributed by atoms with Crippen LogP contribution in [0.5, 0.6) is 0 Å². The molecule has 274 valence electrons. The molecule has 6 N–H and O–H groups in total. The van der Waals surface area contributed by atoms with Gasteiger partial charge in [-0.25, -0.2) is 9.59 Å². The monoisotopic (exact) mass is 681 g/mol. The highest BCUT2D eigenvalue weighted by Crippen LogP contribution is 2.29. The third-order valence-corrected chi connectivity index (χ3v) is 9.04. The molecule has 0 aromatic rings. The molecule has 0 saturated heterocycles. The quantitative estimate of drug-likeness (QED) is 0.0623. The van der Waals surface area contributed by atoms with Crippen molar-refractivity contribution in [2.24, 2.45) is 11.8 Å². The molecule has 0 aliphatic heterocycles. The third kappa shape index (κ3) is 21.4. The molecule has 48 heavy (non-hydrogen) atoms. The van der Waals surface area contributed by atoms with Crippen LogP contribution in [-0.4, -0.2) is 75.4 Å². The largest absolute Gasteiger partial charge is 0.481 e.